The summed E-state index contributed by atoms with van der Waals surface area (Å²) in [5.74, 6) is 1.01. The molecule has 0 unspecified atom stereocenters. The van der Waals surface area contributed by atoms with Gasteiger partial charge >= 0.3 is 0 Å². The Morgan fingerprint density at radius 3 is 2.77 bits per heavy atom. The van der Waals surface area contributed by atoms with E-state index in [1.807, 2.05) is 6.08 Å². The number of fused-ring (bicyclic) bond motifs is 1. The van der Waals surface area contributed by atoms with Crippen molar-refractivity contribution in [1.82, 2.24) is 5.32 Å². The van der Waals surface area contributed by atoms with Crippen LogP contribution in [0.4, 0.5) is 0 Å². The number of carbonyl (C=O) groups is 1. The van der Waals surface area contributed by atoms with E-state index >= 15 is 0 Å². The van der Waals surface area contributed by atoms with Crippen LogP contribution in [0.2, 0.25) is 0 Å². The zero-order valence-electron chi connectivity index (χ0n) is 15.7. The summed E-state index contributed by atoms with van der Waals surface area (Å²) < 4.78 is 6.43. The average Bonchev–Trinajstić information content (AvgIpc) is 2.64. The fraction of sp³-hybridized carbons (Fsp3) is 0.435. The average molecular weight is 351 g/mol. The van der Waals surface area contributed by atoms with Crippen LogP contribution in [0, 0.1) is 0 Å². The molecule has 1 aliphatic carbocycles. The van der Waals surface area contributed by atoms with Gasteiger partial charge in [-0.05, 0) is 60.9 Å². The quantitative estimate of drug-likeness (QED) is 0.716. The number of allylic oxidation sites excluding steroid dienone is 1. The molecule has 1 fully saturated rings. The Kier molecular flexibility index (Phi) is 6.32. The maximum atomic E-state index is 11.2. The summed E-state index contributed by atoms with van der Waals surface area (Å²) in [6, 6.07) is 10.7. The lowest BCUT2D eigenvalue weighted by Gasteiger charge is -2.25. The predicted octanol–water partition coefficient (Wildman–Crippen LogP) is 4.96. The van der Waals surface area contributed by atoms with Gasteiger partial charge in [0.25, 0.3) is 0 Å². The predicted molar refractivity (Wildman–Crippen MR) is 108 cm³/mol. The van der Waals surface area contributed by atoms with E-state index in [4.69, 9.17) is 4.74 Å². The second-order valence-corrected chi connectivity index (χ2v) is 7.16. The molecule has 0 saturated heterocycles. The minimum Gasteiger partial charge on any atom is -0.490 e. The molecule has 2 aromatic rings. The highest BCUT2D eigenvalue weighted by Crippen LogP contribution is 2.34. The van der Waals surface area contributed by atoms with Gasteiger partial charge in [-0.25, -0.2) is 0 Å². The highest BCUT2D eigenvalue weighted by molar-refractivity contribution is 5.91. The lowest BCUT2D eigenvalue weighted by atomic mass is 9.94. The Bertz CT molecular complexity index is 775. The third-order valence-corrected chi connectivity index (χ3v) is 5.16. The van der Waals surface area contributed by atoms with Crippen molar-refractivity contribution >= 4 is 16.7 Å². The van der Waals surface area contributed by atoms with E-state index in [1.54, 1.807) is 6.92 Å². The fourth-order valence-corrected chi connectivity index (χ4v) is 3.92. The maximum absolute atomic E-state index is 11.2. The first-order valence-electron chi connectivity index (χ1n) is 9.74. The zero-order valence-corrected chi connectivity index (χ0v) is 15.7. The largest absolute Gasteiger partial charge is 0.490 e. The number of ether oxygens (including phenoxy) is 1. The highest BCUT2D eigenvalue weighted by Gasteiger charge is 2.18. The zero-order chi connectivity index (χ0) is 18.4. The molecule has 0 heterocycles. The molecule has 1 aliphatic rings. The second kappa shape index (κ2) is 8.88. The van der Waals surface area contributed by atoms with Gasteiger partial charge in [-0.3, -0.25) is 4.79 Å². The molecule has 1 saturated carbocycles. The summed E-state index contributed by atoms with van der Waals surface area (Å²) in [6.45, 7) is 6.16. The molecule has 0 bridgehead atoms. The minimum atomic E-state index is 0.0119. The first-order chi connectivity index (χ1) is 12.7. The van der Waals surface area contributed by atoms with Crippen LogP contribution in [0.25, 0.3) is 10.8 Å². The van der Waals surface area contributed by atoms with Crippen molar-refractivity contribution in [3.8, 4) is 5.75 Å². The Morgan fingerprint density at radius 2 is 2.04 bits per heavy atom. The fourth-order valence-electron chi connectivity index (χ4n) is 3.92. The van der Waals surface area contributed by atoms with Crippen molar-refractivity contribution in [2.45, 2.75) is 58.0 Å². The Hall–Kier alpha value is -2.29. The van der Waals surface area contributed by atoms with E-state index in [1.165, 1.54) is 41.2 Å². The van der Waals surface area contributed by atoms with Crippen molar-refractivity contribution in [3.05, 3.63) is 54.1 Å². The van der Waals surface area contributed by atoms with Gasteiger partial charge in [0.2, 0.25) is 5.91 Å². The standard InChI is InChI=1S/C23H29NO2/c1-3-8-21-22(26-20-11-5-4-6-12-20)14-13-18-9-7-10-19(23(18)21)15-16-24-17(2)25/h3,7,9-10,13-14,20H,1,4-6,8,11-12,15-16H2,2H3,(H,24,25). The summed E-state index contributed by atoms with van der Waals surface area (Å²) in [4.78, 5) is 11.2. The summed E-state index contributed by atoms with van der Waals surface area (Å²) in [6.07, 6.45) is 10.0. The molecule has 26 heavy (non-hydrogen) atoms. The lowest BCUT2D eigenvalue weighted by Crippen LogP contribution is -2.22. The maximum Gasteiger partial charge on any atom is 0.216 e. The number of hydrogen-bond donors (Lipinski definition) is 1. The van der Waals surface area contributed by atoms with E-state index < -0.39 is 0 Å². The van der Waals surface area contributed by atoms with Crippen molar-refractivity contribution in [2.24, 2.45) is 0 Å². The highest BCUT2D eigenvalue weighted by atomic mass is 16.5. The van der Waals surface area contributed by atoms with Crippen molar-refractivity contribution in [1.29, 1.82) is 0 Å². The Labute approximate surface area is 156 Å². The molecule has 1 N–H and O–H groups in total. The minimum absolute atomic E-state index is 0.0119. The number of nitrogens with one attached hydrogen (secondary N) is 1. The third-order valence-electron chi connectivity index (χ3n) is 5.16. The molecule has 138 valence electrons. The van der Waals surface area contributed by atoms with Gasteiger partial charge in [0, 0.05) is 19.0 Å². The molecule has 0 atom stereocenters. The van der Waals surface area contributed by atoms with Crippen LogP contribution in [0.15, 0.2) is 43.0 Å². The van der Waals surface area contributed by atoms with Crippen molar-refractivity contribution in [2.75, 3.05) is 6.54 Å². The molecule has 2 aromatic carbocycles. The van der Waals surface area contributed by atoms with Crippen molar-refractivity contribution < 1.29 is 9.53 Å². The van der Waals surface area contributed by atoms with Crippen LogP contribution in [-0.4, -0.2) is 18.6 Å². The smallest absolute Gasteiger partial charge is 0.216 e. The van der Waals surface area contributed by atoms with Gasteiger partial charge in [0.15, 0.2) is 0 Å². The first-order valence-corrected chi connectivity index (χ1v) is 9.74. The van der Waals surface area contributed by atoms with Gasteiger partial charge in [-0.1, -0.05) is 36.8 Å². The number of hydrogen-bond acceptors (Lipinski definition) is 2. The van der Waals surface area contributed by atoms with Crippen LogP contribution < -0.4 is 10.1 Å². The van der Waals surface area contributed by atoms with Gasteiger partial charge in [-0.15, -0.1) is 6.58 Å². The van der Waals surface area contributed by atoms with E-state index in [2.05, 4.69) is 42.2 Å². The molecular formula is C23H29NO2. The van der Waals surface area contributed by atoms with E-state index in [0.717, 1.165) is 31.4 Å². The van der Waals surface area contributed by atoms with E-state index in [9.17, 15) is 4.79 Å². The summed E-state index contributed by atoms with van der Waals surface area (Å²) in [5.41, 5.74) is 2.48. The summed E-state index contributed by atoms with van der Waals surface area (Å²) in [7, 11) is 0. The summed E-state index contributed by atoms with van der Waals surface area (Å²) >= 11 is 0. The number of carbonyl (C=O) groups excluding carboxylic acids is 1. The van der Waals surface area contributed by atoms with Crippen LogP contribution >= 0.6 is 0 Å². The van der Waals surface area contributed by atoms with E-state index in [0.29, 0.717) is 12.6 Å². The van der Waals surface area contributed by atoms with Crippen LogP contribution in [-0.2, 0) is 17.6 Å². The second-order valence-electron chi connectivity index (χ2n) is 7.16. The van der Waals surface area contributed by atoms with Crippen LogP contribution in [0.3, 0.4) is 0 Å². The first kappa shape index (κ1) is 18.5. The van der Waals surface area contributed by atoms with Crippen LogP contribution in [0.5, 0.6) is 5.75 Å². The number of amides is 1. The van der Waals surface area contributed by atoms with Gasteiger partial charge < -0.3 is 10.1 Å². The monoisotopic (exact) mass is 351 g/mol. The van der Waals surface area contributed by atoms with Gasteiger partial charge in [0.1, 0.15) is 5.75 Å². The molecule has 0 radical (unpaired) electrons. The van der Waals surface area contributed by atoms with Gasteiger partial charge in [0.05, 0.1) is 6.10 Å². The molecule has 1 amide bonds. The molecule has 0 aromatic heterocycles. The van der Waals surface area contributed by atoms with E-state index in [-0.39, 0.29) is 5.91 Å². The lowest BCUT2D eigenvalue weighted by molar-refractivity contribution is -0.118. The molecule has 3 heteroatoms. The molecule has 0 spiro atoms. The molecule has 0 aliphatic heterocycles. The summed E-state index contributed by atoms with van der Waals surface area (Å²) in [5, 5.41) is 5.38. The number of benzene rings is 2. The van der Waals surface area contributed by atoms with Crippen LogP contribution in [0.1, 0.15) is 50.2 Å². The Balaban J connectivity index is 1.95. The molecular weight excluding hydrogens is 322 g/mol. The Morgan fingerprint density at radius 1 is 1.23 bits per heavy atom. The molecule has 3 nitrogen and oxygen atoms in total. The van der Waals surface area contributed by atoms with Crippen molar-refractivity contribution in [3.63, 3.8) is 0 Å². The third kappa shape index (κ3) is 4.46. The SMILES string of the molecule is C=CCc1c(OC2CCCCC2)ccc2cccc(CCNC(C)=O)c12. The number of rotatable bonds is 7. The topological polar surface area (TPSA) is 38.3 Å². The molecule has 3 rings (SSSR count). The normalized spacial score (nSPS) is 15.0. The van der Waals surface area contributed by atoms with Gasteiger partial charge in [-0.2, -0.15) is 0 Å².